The molecule has 0 aromatic heterocycles. The van der Waals surface area contributed by atoms with Crippen LogP contribution in [0.25, 0.3) is 0 Å². The van der Waals surface area contributed by atoms with Crippen molar-refractivity contribution in [2.45, 2.75) is 136 Å². The molecule has 214 valence electrons. The van der Waals surface area contributed by atoms with Crippen molar-refractivity contribution in [2.75, 3.05) is 7.11 Å². The Morgan fingerprint density at radius 1 is 0.838 bits per heavy atom. The zero-order valence-corrected chi connectivity index (χ0v) is 25.9. The van der Waals surface area contributed by atoms with E-state index in [0.29, 0.717) is 12.5 Å². The van der Waals surface area contributed by atoms with E-state index in [1.54, 1.807) is 7.11 Å². The number of benzene rings is 1. The Balaban J connectivity index is 2.90. The molecule has 0 bridgehead atoms. The number of carboxylic acid groups (broad SMARTS) is 1. The molecule has 5 nitrogen and oxygen atoms in total. The second-order valence-electron chi connectivity index (χ2n) is 11.1. The van der Waals surface area contributed by atoms with Gasteiger partial charge in [0.1, 0.15) is 5.75 Å². The minimum atomic E-state index is -2.00. The van der Waals surface area contributed by atoms with Gasteiger partial charge in [-0.25, -0.2) is 0 Å². The van der Waals surface area contributed by atoms with Gasteiger partial charge in [0, 0.05) is 0 Å². The summed E-state index contributed by atoms with van der Waals surface area (Å²) in [5.74, 6) is 0.000780. The Morgan fingerprint density at radius 2 is 1.35 bits per heavy atom. The summed E-state index contributed by atoms with van der Waals surface area (Å²) >= 11 is 0. The first-order chi connectivity index (χ1) is 17.7. The van der Waals surface area contributed by atoms with Gasteiger partial charge in [0.05, 0.1) is 31.8 Å². The van der Waals surface area contributed by atoms with Crippen LogP contribution in [0.4, 0.5) is 0 Å². The maximum absolute atomic E-state index is 12.1. The highest BCUT2D eigenvalue weighted by atomic mass is 28.4. The van der Waals surface area contributed by atoms with Crippen LogP contribution < -0.4 is 4.74 Å². The molecule has 0 spiro atoms. The molecule has 1 rings (SSSR count). The molecule has 0 amide bonds. The van der Waals surface area contributed by atoms with E-state index in [9.17, 15) is 9.90 Å². The summed E-state index contributed by atoms with van der Waals surface area (Å²) in [6.07, 6.45) is 9.55. The molecule has 0 aliphatic carbocycles. The zero-order valence-electron chi connectivity index (χ0n) is 24.9. The van der Waals surface area contributed by atoms with Gasteiger partial charge < -0.3 is 19.0 Å². The van der Waals surface area contributed by atoms with E-state index < -0.39 is 20.2 Å². The van der Waals surface area contributed by atoms with Crippen LogP contribution in [-0.4, -0.2) is 38.7 Å². The molecule has 1 aromatic rings. The summed E-state index contributed by atoms with van der Waals surface area (Å²) in [6.45, 7) is 13.5. The molecule has 37 heavy (non-hydrogen) atoms. The number of aliphatic carboxylic acids is 1. The topological polar surface area (TPSA) is 65.0 Å². The Labute approximate surface area is 228 Å². The standard InChI is InChI=1S/C31H56O5Si/c1-8-11-21-37(22-12-9-2,23-13-10-3)36-30(26(6)31(32)33)16-14-15-29(25(4)5)35-24-27-17-19-28(34-7)20-18-27/h17-20,25-26,29-30H,8-16,21-24H2,1-7H3,(H,32,33)/t26-,29+,30-/m1/s1. The predicted octanol–water partition coefficient (Wildman–Crippen LogP) is 8.86. The first-order valence-corrected chi connectivity index (χ1v) is 17.4. The largest absolute Gasteiger partial charge is 0.497 e. The first kappa shape index (κ1) is 33.7. The quantitative estimate of drug-likeness (QED) is 0.150. The smallest absolute Gasteiger partial charge is 0.308 e. The van der Waals surface area contributed by atoms with Crippen LogP contribution in [0.15, 0.2) is 24.3 Å². The molecule has 0 aliphatic rings. The Morgan fingerprint density at radius 3 is 1.78 bits per heavy atom. The Hall–Kier alpha value is -1.37. The predicted molar refractivity (Wildman–Crippen MR) is 157 cm³/mol. The summed E-state index contributed by atoms with van der Waals surface area (Å²) in [5, 5.41) is 9.92. The maximum atomic E-state index is 12.1. The number of carbonyl (C=O) groups is 1. The number of carboxylic acids is 1. The molecule has 0 unspecified atom stereocenters. The van der Waals surface area contributed by atoms with E-state index >= 15 is 0 Å². The lowest BCUT2D eigenvalue weighted by Gasteiger charge is -2.37. The van der Waals surface area contributed by atoms with E-state index in [0.717, 1.165) is 68.0 Å². The van der Waals surface area contributed by atoms with Gasteiger partial charge in [0.15, 0.2) is 8.32 Å². The van der Waals surface area contributed by atoms with Gasteiger partial charge in [-0.05, 0) is 67.9 Å². The van der Waals surface area contributed by atoms with Gasteiger partial charge in [-0.2, -0.15) is 0 Å². The van der Waals surface area contributed by atoms with Crippen molar-refractivity contribution < 1.29 is 23.8 Å². The van der Waals surface area contributed by atoms with Gasteiger partial charge in [-0.3, -0.25) is 4.79 Å². The first-order valence-electron chi connectivity index (χ1n) is 14.9. The van der Waals surface area contributed by atoms with Gasteiger partial charge in [-0.15, -0.1) is 0 Å². The summed E-state index contributed by atoms with van der Waals surface area (Å²) in [6, 6.07) is 11.5. The zero-order chi connectivity index (χ0) is 27.7. The lowest BCUT2D eigenvalue weighted by molar-refractivity contribution is -0.144. The SMILES string of the molecule is CCCC[Si](CCCC)(CCCC)O[C@H](CCC[C@H](OCc1ccc(OC)cc1)C(C)C)[C@@H](C)C(=O)O. The van der Waals surface area contributed by atoms with E-state index in [1.807, 2.05) is 31.2 Å². The molecule has 0 radical (unpaired) electrons. The highest BCUT2D eigenvalue weighted by molar-refractivity contribution is 6.73. The molecule has 0 fully saturated rings. The van der Waals surface area contributed by atoms with Gasteiger partial charge >= 0.3 is 5.97 Å². The van der Waals surface area contributed by atoms with Crippen LogP contribution in [0.1, 0.15) is 105 Å². The lowest BCUT2D eigenvalue weighted by Crippen LogP contribution is -2.45. The van der Waals surface area contributed by atoms with Crippen LogP contribution >= 0.6 is 0 Å². The number of ether oxygens (including phenoxy) is 2. The Kier molecular flexibility index (Phi) is 17.1. The van der Waals surface area contributed by atoms with Crippen LogP contribution in [0.2, 0.25) is 18.1 Å². The summed E-state index contributed by atoms with van der Waals surface area (Å²) in [7, 11) is -0.328. The molecule has 3 atom stereocenters. The monoisotopic (exact) mass is 536 g/mol. The molecule has 6 heteroatoms. The van der Waals surface area contributed by atoms with Crippen molar-refractivity contribution in [2.24, 2.45) is 11.8 Å². The number of methoxy groups -OCH3 is 1. The summed E-state index contributed by atoms with van der Waals surface area (Å²) < 4.78 is 18.6. The van der Waals surface area contributed by atoms with Gasteiger partial charge in [0.25, 0.3) is 0 Å². The highest BCUT2D eigenvalue weighted by Crippen LogP contribution is 2.34. The average molecular weight is 537 g/mol. The summed E-state index contributed by atoms with van der Waals surface area (Å²) in [4.78, 5) is 12.1. The van der Waals surface area contributed by atoms with E-state index in [-0.39, 0.29) is 12.2 Å². The van der Waals surface area contributed by atoms with Crippen molar-refractivity contribution in [3.05, 3.63) is 29.8 Å². The van der Waals surface area contributed by atoms with Crippen LogP contribution in [-0.2, 0) is 20.6 Å². The van der Waals surface area contributed by atoms with E-state index in [1.165, 1.54) is 19.3 Å². The molecule has 0 saturated carbocycles. The molecule has 0 saturated heterocycles. The fourth-order valence-corrected chi connectivity index (χ4v) is 10.1. The van der Waals surface area contributed by atoms with Crippen LogP contribution in [0.5, 0.6) is 5.75 Å². The minimum Gasteiger partial charge on any atom is -0.497 e. The third kappa shape index (κ3) is 12.8. The lowest BCUT2D eigenvalue weighted by atomic mass is 9.96. The molecule has 0 aliphatic heterocycles. The normalized spacial score (nSPS) is 14.5. The molecular weight excluding hydrogens is 480 g/mol. The summed E-state index contributed by atoms with van der Waals surface area (Å²) in [5.41, 5.74) is 1.13. The van der Waals surface area contributed by atoms with Crippen molar-refractivity contribution in [3.8, 4) is 5.75 Å². The third-order valence-electron chi connectivity index (χ3n) is 7.65. The number of hydrogen-bond acceptors (Lipinski definition) is 4. The molecule has 0 heterocycles. The fourth-order valence-electron chi connectivity index (χ4n) is 4.99. The second kappa shape index (κ2) is 18.8. The average Bonchev–Trinajstić information content (AvgIpc) is 2.90. The Bertz CT molecular complexity index is 699. The number of rotatable bonds is 22. The fraction of sp³-hybridized carbons (Fsp3) is 0.774. The van der Waals surface area contributed by atoms with Crippen LogP contribution in [0.3, 0.4) is 0 Å². The van der Waals surface area contributed by atoms with Gasteiger partial charge in [0.2, 0.25) is 0 Å². The van der Waals surface area contributed by atoms with Gasteiger partial charge in [-0.1, -0.05) is 85.3 Å². The van der Waals surface area contributed by atoms with E-state index in [4.69, 9.17) is 13.9 Å². The van der Waals surface area contributed by atoms with Crippen molar-refractivity contribution in [1.82, 2.24) is 0 Å². The van der Waals surface area contributed by atoms with Crippen molar-refractivity contribution >= 4 is 14.3 Å². The molecule has 1 N–H and O–H groups in total. The number of unbranched alkanes of at least 4 members (excludes halogenated alkanes) is 3. The third-order valence-corrected chi connectivity index (χ3v) is 12.2. The van der Waals surface area contributed by atoms with Crippen molar-refractivity contribution in [1.29, 1.82) is 0 Å². The van der Waals surface area contributed by atoms with E-state index in [2.05, 4.69) is 34.6 Å². The molecule has 1 aromatic carbocycles. The molecular formula is C31H56O5Si. The maximum Gasteiger partial charge on any atom is 0.308 e. The van der Waals surface area contributed by atoms with Crippen LogP contribution in [0, 0.1) is 11.8 Å². The number of hydrogen-bond donors (Lipinski definition) is 1. The van der Waals surface area contributed by atoms with Crippen molar-refractivity contribution in [3.63, 3.8) is 0 Å². The highest BCUT2D eigenvalue weighted by Gasteiger charge is 2.38. The second-order valence-corrected chi connectivity index (χ2v) is 15.3. The minimum absolute atomic E-state index is 0.130.